The van der Waals surface area contributed by atoms with E-state index in [-0.39, 0.29) is 5.82 Å². The second-order valence-electron chi connectivity index (χ2n) is 8.13. The number of benzene rings is 2. The highest BCUT2D eigenvalue weighted by molar-refractivity contribution is 5.77. The van der Waals surface area contributed by atoms with E-state index in [4.69, 9.17) is 9.47 Å². The van der Waals surface area contributed by atoms with E-state index < -0.39 is 0 Å². The lowest BCUT2D eigenvalue weighted by molar-refractivity contribution is 0.200. The lowest BCUT2D eigenvalue weighted by atomic mass is 9.98. The van der Waals surface area contributed by atoms with Gasteiger partial charge in [-0.1, -0.05) is 29.8 Å². The fourth-order valence-electron chi connectivity index (χ4n) is 3.98. The van der Waals surface area contributed by atoms with Crippen molar-refractivity contribution in [3.05, 3.63) is 89.7 Å². The van der Waals surface area contributed by atoms with Gasteiger partial charge in [-0.15, -0.1) is 0 Å². The van der Waals surface area contributed by atoms with Crippen LogP contribution in [-0.2, 0) is 11.3 Å². The number of fused-ring (bicyclic) bond motifs is 1. The van der Waals surface area contributed by atoms with Gasteiger partial charge in [0.05, 0.1) is 37.7 Å². The van der Waals surface area contributed by atoms with E-state index in [1.807, 2.05) is 25.3 Å². The van der Waals surface area contributed by atoms with Crippen molar-refractivity contribution in [3.8, 4) is 28.5 Å². The first-order chi connectivity index (χ1) is 16.6. The van der Waals surface area contributed by atoms with Crippen LogP contribution in [0.5, 0.6) is 5.75 Å². The second-order valence-corrected chi connectivity index (χ2v) is 8.13. The molecule has 7 heteroatoms. The molecule has 3 aliphatic heterocycles. The number of rotatable bonds is 6. The molecule has 2 aromatic carbocycles. The lowest BCUT2D eigenvalue weighted by Gasteiger charge is -2.11. The molecule has 3 aliphatic rings. The number of hydrogen-bond acceptors (Lipinski definition) is 5. The predicted molar refractivity (Wildman–Crippen MR) is 129 cm³/mol. The molecule has 0 spiro atoms. The summed E-state index contributed by atoms with van der Waals surface area (Å²) in [6.45, 7) is 5.81. The average Bonchev–Trinajstić information content (AvgIpc) is 3.17. The summed E-state index contributed by atoms with van der Waals surface area (Å²) in [5.41, 5.74) is 5.18. The smallest absolute Gasteiger partial charge is 0.163 e. The summed E-state index contributed by atoms with van der Waals surface area (Å²) in [6, 6.07) is 14.6. The molecule has 2 aromatic rings. The van der Waals surface area contributed by atoms with Crippen molar-refractivity contribution in [2.75, 3.05) is 13.2 Å². The number of ether oxygens (including phenoxy) is 2. The number of halogens is 1. The Morgan fingerprint density at radius 2 is 1.85 bits per heavy atom. The molecule has 5 rings (SSSR count). The van der Waals surface area contributed by atoms with Crippen LogP contribution in [0.15, 0.2) is 78.3 Å². The largest absolute Gasteiger partial charge is 0.496 e. The van der Waals surface area contributed by atoms with E-state index in [1.54, 1.807) is 29.1 Å². The van der Waals surface area contributed by atoms with E-state index in [0.29, 0.717) is 42.5 Å². The summed E-state index contributed by atoms with van der Waals surface area (Å²) in [5.74, 6) is 1.68. The van der Waals surface area contributed by atoms with E-state index in [9.17, 15) is 4.39 Å². The Kier molecular flexibility index (Phi) is 6.08. The zero-order chi connectivity index (χ0) is 23.5. The number of hydrogen-bond donors (Lipinski definition) is 0. The summed E-state index contributed by atoms with van der Waals surface area (Å²) in [6.07, 6.45) is 6.39. The van der Waals surface area contributed by atoms with Crippen molar-refractivity contribution in [3.63, 3.8) is 0 Å². The molecule has 6 nitrogen and oxygen atoms in total. The number of nitrogens with zero attached hydrogens (tertiary/aromatic N) is 4. The van der Waals surface area contributed by atoms with Crippen LogP contribution in [0.3, 0.4) is 0 Å². The molecule has 0 fully saturated rings. The molecule has 0 radical (unpaired) electrons. The molecule has 0 N–H and O–H groups in total. The Bertz CT molecular complexity index is 1340. The van der Waals surface area contributed by atoms with E-state index in [0.717, 1.165) is 29.1 Å². The topological polar surface area (TPSA) is 62.1 Å². The van der Waals surface area contributed by atoms with Crippen molar-refractivity contribution in [2.24, 2.45) is 0 Å². The first kappa shape index (κ1) is 21.8. The molecular formula is C27H25FN4O2. The van der Waals surface area contributed by atoms with Crippen LogP contribution in [0, 0.1) is 5.82 Å². The van der Waals surface area contributed by atoms with Gasteiger partial charge in [0.2, 0.25) is 0 Å². The van der Waals surface area contributed by atoms with Crippen LogP contribution in [0.2, 0.25) is 0 Å². The maximum atomic E-state index is 14.2. The average molecular weight is 457 g/mol. The Hall–Kier alpha value is -4.00. The second kappa shape index (κ2) is 9.47. The molecule has 0 saturated carbocycles. The van der Waals surface area contributed by atoms with Gasteiger partial charge in [-0.3, -0.25) is 4.68 Å². The predicted octanol–water partition coefficient (Wildman–Crippen LogP) is 5.76. The van der Waals surface area contributed by atoms with Crippen LogP contribution in [0.4, 0.5) is 4.39 Å². The number of imidazole rings is 1. The maximum Gasteiger partial charge on any atom is 0.163 e. The third-order valence-corrected chi connectivity index (χ3v) is 5.75. The van der Waals surface area contributed by atoms with Crippen LogP contribution in [0.1, 0.15) is 25.8 Å². The van der Waals surface area contributed by atoms with E-state index in [2.05, 4.69) is 40.2 Å². The van der Waals surface area contributed by atoms with E-state index >= 15 is 0 Å². The molecule has 0 atom stereocenters. The fourth-order valence-corrected chi connectivity index (χ4v) is 3.98. The summed E-state index contributed by atoms with van der Waals surface area (Å²) in [4.78, 5) is 8.96. The van der Waals surface area contributed by atoms with Gasteiger partial charge in [0.1, 0.15) is 28.7 Å². The fraction of sp³-hybridized carbons (Fsp3) is 0.222. The molecule has 3 heterocycles. The standard InChI is InChI=1S/C27H25FN4O2/c1-3-33-20-10-8-19(9-11-20)23-14-21(34-13-12-18(23)2)16-32-17-26-25(15-29-32)30-27(31-26)22-6-4-5-7-24(22)28/h4-11,14-15,17H,3,12-13,16H2,1-2H3. The highest BCUT2D eigenvalue weighted by Crippen LogP contribution is 2.29. The van der Waals surface area contributed by atoms with Crippen molar-refractivity contribution < 1.29 is 13.9 Å². The lowest BCUT2D eigenvalue weighted by Crippen LogP contribution is -2.09. The van der Waals surface area contributed by atoms with E-state index in [1.165, 1.54) is 11.6 Å². The molecule has 0 bridgehead atoms. The summed E-state index contributed by atoms with van der Waals surface area (Å²) >= 11 is 0. The summed E-state index contributed by atoms with van der Waals surface area (Å²) in [7, 11) is 0. The van der Waals surface area contributed by atoms with Crippen molar-refractivity contribution in [2.45, 2.75) is 26.8 Å². The molecule has 0 saturated heterocycles. The Balaban J connectivity index is 1.41. The summed E-state index contributed by atoms with van der Waals surface area (Å²) < 4.78 is 27.5. The first-order valence-electron chi connectivity index (χ1n) is 11.3. The highest BCUT2D eigenvalue weighted by atomic mass is 19.1. The third-order valence-electron chi connectivity index (χ3n) is 5.75. The monoisotopic (exact) mass is 456 g/mol. The highest BCUT2D eigenvalue weighted by Gasteiger charge is 2.17. The number of aromatic nitrogens is 4. The minimum Gasteiger partial charge on any atom is -0.496 e. The zero-order valence-corrected chi connectivity index (χ0v) is 19.2. The van der Waals surface area contributed by atoms with Crippen LogP contribution < -0.4 is 4.74 Å². The maximum absolute atomic E-state index is 14.2. The van der Waals surface area contributed by atoms with Gasteiger partial charge in [-0.05, 0) is 55.3 Å². The van der Waals surface area contributed by atoms with Gasteiger partial charge in [-0.25, -0.2) is 14.4 Å². The van der Waals surface area contributed by atoms with Gasteiger partial charge < -0.3 is 9.47 Å². The molecular weight excluding hydrogens is 431 g/mol. The summed E-state index contributed by atoms with van der Waals surface area (Å²) in [5, 5.41) is 4.48. The zero-order valence-electron chi connectivity index (χ0n) is 19.2. The Morgan fingerprint density at radius 1 is 1.06 bits per heavy atom. The Labute approximate surface area is 197 Å². The molecule has 0 unspecified atom stereocenters. The normalized spacial score (nSPS) is 14.0. The van der Waals surface area contributed by atoms with Gasteiger partial charge in [0.25, 0.3) is 0 Å². The first-order valence-corrected chi connectivity index (χ1v) is 11.3. The SMILES string of the molecule is CCOc1ccc(C2=C(C)CCOC(Cn3cc4nc(-c5ccccc5F)nc-4cn3)=C2)cc1. The minimum absolute atomic E-state index is 0.348. The molecule has 0 aromatic heterocycles. The Morgan fingerprint density at radius 3 is 2.65 bits per heavy atom. The molecule has 34 heavy (non-hydrogen) atoms. The van der Waals surface area contributed by atoms with Gasteiger partial charge in [0, 0.05) is 6.42 Å². The van der Waals surface area contributed by atoms with Crippen LogP contribution >= 0.6 is 0 Å². The number of allylic oxidation sites excluding steroid dienone is 3. The van der Waals surface area contributed by atoms with Crippen molar-refractivity contribution in [1.82, 2.24) is 19.7 Å². The molecule has 172 valence electrons. The quantitative estimate of drug-likeness (QED) is 0.369. The van der Waals surface area contributed by atoms with Crippen LogP contribution in [0.25, 0.3) is 28.3 Å². The van der Waals surface area contributed by atoms with Gasteiger partial charge >= 0.3 is 0 Å². The van der Waals surface area contributed by atoms with Crippen molar-refractivity contribution >= 4 is 5.57 Å². The van der Waals surface area contributed by atoms with Gasteiger partial charge in [-0.2, -0.15) is 5.10 Å². The molecule has 0 aliphatic carbocycles. The molecule has 0 amide bonds. The minimum atomic E-state index is -0.348. The van der Waals surface area contributed by atoms with Gasteiger partial charge in [0.15, 0.2) is 5.82 Å². The third kappa shape index (κ3) is 4.55. The van der Waals surface area contributed by atoms with Crippen LogP contribution in [-0.4, -0.2) is 33.0 Å². The van der Waals surface area contributed by atoms with Crippen molar-refractivity contribution in [1.29, 1.82) is 0 Å².